The fraction of sp³-hybridized carbons (Fsp3) is 0.696. The maximum atomic E-state index is 11.5. The van der Waals surface area contributed by atoms with Gasteiger partial charge in [-0.3, -0.25) is 4.79 Å². The van der Waals surface area contributed by atoms with Crippen LogP contribution in [0.4, 0.5) is 5.82 Å². The van der Waals surface area contributed by atoms with Crippen LogP contribution in [0, 0.1) is 11.3 Å². The van der Waals surface area contributed by atoms with Crippen LogP contribution in [0.2, 0.25) is 0 Å². The highest BCUT2D eigenvalue weighted by Gasteiger charge is 2.36. The minimum atomic E-state index is -0.193. The molecule has 1 saturated heterocycles. The van der Waals surface area contributed by atoms with Crippen molar-refractivity contribution in [2.75, 3.05) is 44.8 Å². The standard InChI is InChI=1S/C23H38N6O2.HI/c1-3-25-22(28-17-23(9-5-10-23)11-15-31-2)27-16-19-6-4-12-26-21(19)29-13-7-18(8-14-29)20(24)30;/h4,6,12,18H,3,5,7-11,13-17H2,1-2H3,(H2,24,30)(H2,25,27,28);1H. The van der Waals surface area contributed by atoms with Gasteiger partial charge in [0, 0.05) is 57.6 Å². The number of nitrogens with zero attached hydrogens (tertiary/aromatic N) is 3. The molecule has 1 aromatic rings. The molecule has 1 aromatic heterocycles. The number of piperidine rings is 1. The Morgan fingerprint density at radius 2 is 2.09 bits per heavy atom. The molecule has 1 aliphatic carbocycles. The van der Waals surface area contributed by atoms with Crippen molar-refractivity contribution in [2.24, 2.45) is 22.1 Å². The number of primary amides is 1. The van der Waals surface area contributed by atoms with E-state index in [9.17, 15) is 4.79 Å². The van der Waals surface area contributed by atoms with Crippen LogP contribution in [0.15, 0.2) is 23.3 Å². The van der Waals surface area contributed by atoms with E-state index in [1.54, 1.807) is 7.11 Å². The number of hydrogen-bond acceptors (Lipinski definition) is 5. The lowest BCUT2D eigenvalue weighted by Gasteiger charge is -2.42. The number of nitrogens with two attached hydrogens (primary N) is 1. The molecule has 8 nitrogen and oxygen atoms in total. The number of carbonyl (C=O) groups is 1. The van der Waals surface area contributed by atoms with Crippen molar-refractivity contribution in [3.63, 3.8) is 0 Å². The van der Waals surface area contributed by atoms with Crippen LogP contribution in [0.1, 0.15) is 51.0 Å². The fourth-order valence-corrected chi connectivity index (χ4v) is 4.50. The van der Waals surface area contributed by atoms with E-state index in [1.807, 2.05) is 12.3 Å². The lowest BCUT2D eigenvalue weighted by Crippen LogP contribution is -2.47. The molecular weight excluding hydrogens is 519 g/mol. The molecular formula is C23H39IN6O2. The molecule has 1 amide bonds. The third-order valence-corrected chi connectivity index (χ3v) is 6.70. The first-order valence-corrected chi connectivity index (χ1v) is 11.6. The summed E-state index contributed by atoms with van der Waals surface area (Å²) in [6.45, 7) is 6.77. The van der Waals surface area contributed by atoms with Crippen LogP contribution in [-0.4, -0.2) is 56.7 Å². The molecule has 3 rings (SSSR count). The zero-order valence-corrected chi connectivity index (χ0v) is 21.8. The Morgan fingerprint density at radius 3 is 2.69 bits per heavy atom. The molecule has 0 bridgehead atoms. The first-order chi connectivity index (χ1) is 15.1. The van der Waals surface area contributed by atoms with Gasteiger partial charge in [-0.1, -0.05) is 12.5 Å². The van der Waals surface area contributed by atoms with E-state index in [0.717, 1.165) is 69.4 Å². The quantitative estimate of drug-likeness (QED) is 0.232. The van der Waals surface area contributed by atoms with Crippen LogP contribution in [0.25, 0.3) is 0 Å². The van der Waals surface area contributed by atoms with E-state index in [4.69, 9.17) is 15.5 Å². The van der Waals surface area contributed by atoms with Gasteiger partial charge >= 0.3 is 0 Å². The van der Waals surface area contributed by atoms with Crippen molar-refractivity contribution in [1.29, 1.82) is 0 Å². The smallest absolute Gasteiger partial charge is 0.220 e. The van der Waals surface area contributed by atoms with Gasteiger partial charge in [0.25, 0.3) is 0 Å². The van der Waals surface area contributed by atoms with Crippen LogP contribution in [0.3, 0.4) is 0 Å². The fourth-order valence-electron chi connectivity index (χ4n) is 4.50. The number of carbonyl (C=O) groups excluding carboxylic acids is 1. The molecule has 9 heteroatoms. The predicted octanol–water partition coefficient (Wildman–Crippen LogP) is 2.66. The van der Waals surface area contributed by atoms with Crippen molar-refractivity contribution in [3.8, 4) is 0 Å². The monoisotopic (exact) mass is 558 g/mol. The minimum absolute atomic E-state index is 0. The second-order valence-corrected chi connectivity index (χ2v) is 8.79. The SMILES string of the molecule is CCNC(=NCc1cccnc1N1CCC(C(N)=O)CC1)NCC1(CCOC)CCC1.I. The van der Waals surface area contributed by atoms with Crippen molar-refractivity contribution in [1.82, 2.24) is 15.6 Å². The lowest BCUT2D eigenvalue weighted by atomic mass is 9.67. The van der Waals surface area contributed by atoms with Gasteiger partial charge in [0.1, 0.15) is 5.82 Å². The van der Waals surface area contributed by atoms with E-state index >= 15 is 0 Å². The Hall–Kier alpha value is -1.62. The van der Waals surface area contributed by atoms with Crippen LogP contribution >= 0.6 is 24.0 Å². The molecule has 1 saturated carbocycles. The number of amides is 1. The molecule has 0 unspecified atom stereocenters. The summed E-state index contributed by atoms with van der Waals surface area (Å²) in [6.07, 6.45) is 8.26. The van der Waals surface area contributed by atoms with Gasteiger partial charge in [-0.05, 0) is 50.5 Å². The van der Waals surface area contributed by atoms with E-state index in [0.29, 0.717) is 12.0 Å². The topological polar surface area (TPSA) is 105 Å². The zero-order chi connectivity index (χ0) is 22.1. The third-order valence-electron chi connectivity index (χ3n) is 6.70. The van der Waals surface area contributed by atoms with Crippen molar-refractivity contribution < 1.29 is 9.53 Å². The highest BCUT2D eigenvalue weighted by atomic mass is 127. The summed E-state index contributed by atoms with van der Waals surface area (Å²) in [6, 6.07) is 4.04. The van der Waals surface area contributed by atoms with Crippen LogP contribution in [0.5, 0.6) is 0 Å². The normalized spacial score (nSPS) is 18.4. The van der Waals surface area contributed by atoms with Gasteiger partial charge in [-0.15, -0.1) is 24.0 Å². The number of pyridine rings is 1. The molecule has 2 heterocycles. The van der Waals surface area contributed by atoms with E-state index in [1.165, 1.54) is 19.3 Å². The van der Waals surface area contributed by atoms with E-state index < -0.39 is 0 Å². The first-order valence-electron chi connectivity index (χ1n) is 11.6. The van der Waals surface area contributed by atoms with Crippen molar-refractivity contribution in [3.05, 3.63) is 23.9 Å². The van der Waals surface area contributed by atoms with Gasteiger partial charge in [0.05, 0.1) is 6.54 Å². The summed E-state index contributed by atoms with van der Waals surface area (Å²) >= 11 is 0. The van der Waals surface area contributed by atoms with Crippen molar-refractivity contribution in [2.45, 2.75) is 52.0 Å². The number of halogens is 1. The Bertz CT molecular complexity index is 748. The molecule has 1 aliphatic heterocycles. The molecule has 2 fully saturated rings. The van der Waals surface area contributed by atoms with E-state index in [2.05, 4.69) is 33.5 Å². The van der Waals surface area contributed by atoms with Gasteiger partial charge < -0.3 is 26.0 Å². The summed E-state index contributed by atoms with van der Waals surface area (Å²) in [5, 5.41) is 6.93. The summed E-state index contributed by atoms with van der Waals surface area (Å²) in [7, 11) is 1.77. The lowest BCUT2D eigenvalue weighted by molar-refractivity contribution is -0.122. The summed E-state index contributed by atoms with van der Waals surface area (Å²) in [5.74, 6) is 1.58. The second-order valence-electron chi connectivity index (χ2n) is 8.79. The van der Waals surface area contributed by atoms with Gasteiger partial charge in [0.2, 0.25) is 5.91 Å². The highest BCUT2D eigenvalue weighted by Crippen LogP contribution is 2.43. The molecule has 0 aromatic carbocycles. The van der Waals surface area contributed by atoms with Gasteiger partial charge in [-0.25, -0.2) is 9.98 Å². The molecule has 2 aliphatic rings. The first kappa shape index (κ1) is 26.6. The number of nitrogens with one attached hydrogen (secondary N) is 2. The average Bonchev–Trinajstić information content (AvgIpc) is 2.76. The zero-order valence-electron chi connectivity index (χ0n) is 19.4. The molecule has 0 spiro atoms. The van der Waals surface area contributed by atoms with Gasteiger partial charge in [-0.2, -0.15) is 0 Å². The highest BCUT2D eigenvalue weighted by molar-refractivity contribution is 14.0. The summed E-state index contributed by atoms with van der Waals surface area (Å²) in [4.78, 5) is 23.2. The molecule has 0 atom stereocenters. The second kappa shape index (κ2) is 13.2. The number of anilines is 1. The number of methoxy groups -OCH3 is 1. The third kappa shape index (κ3) is 7.19. The number of aliphatic imine (C=N–C) groups is 1. The number of ether oxygens (including phenoxy) is 1. The maximum Gasteiger partial charge on any atom is 0.220 e. The van der Waals surface area contributed by atoms with Crippen LogP contribution < -0.4 is 21.3 Å². The maximum absolute atomic E-state index is 11.5. The number of guanidine groups is 1. The number of aromatic nitrogens is 1. The Balaban J connectivity index is 0.00000363. The summed E-state index contributed by atoms with van der Waals surface area (Å²) < 4.78 is 5.31. The minimum Gasteiger partial charge on any atom is -0.385 e. The molecule has 0 radical (unpaired) electrons. The Kier molecular flexibility index (Phi) is 11.0. The number of hydrogen-bond donors (Lipinski definition) is 3. The molecule has 4 N–H and O–H groups in total. The molecule has 32 heavy (non-hydrogen) atoms. The summed E-state index contributed by atoms with van der Waals surface area (Å²) in [5.41, 5.74) is 6.90. The van der Waals surface area contributed by atoms with Crippen LogP contribution in [-0.2, 0) is 16.1 Å². The molecule has 180 valence electrons. The average molecular weight is 559 g/mol. The van der Waals surface area contributed by atoms with Gasteiger partial charge in [0.15, 0.2) is 5.96 Å². The Morgan fingerprint density at radius 1 is 1.34 bits per heavy atom. The van der Waals surface area contributed by atoms with E-state index in [-0.39, 0.29) is 35.8 Å². The van der Waals surface area contributed by atoms with Crippen molar-refractivity contribution >= 4 is 41.7 Å². The largest absolute Gasteiger partial charge is 0.385 e. The Labute approximate surface area is 209 Å². The number of rotatable bonds is 10. The predicted molar refractivity (Wildman–Crippen MR) is 139 cm³/mol.